The summed E-state index contributed by atoms with van der Waals surface area (Å²) in [5.74, 6) is 0.0413. The molecule has 150 valence electrons. The fourth-order valence-corrected chi connectivity index (χ4v) is 4.28. The summed E-state index contributed by atoms with van der Waals surface area (Å²) in [6.07, 6.45) is 1.96. The highest BCUT2D eigenvalue weighted by Crippen LogP contribution is 2.37. The zero-order chi connectivity index (χ0) is 20.3. The van der Waals surface area contributed by atoms with Crippen molar-refractivity contribution in [2.45, 2.75) is 44.2 Å². The van der Waals surface area contributed by atoms with Gasteiger partial charge in [-0.1, -0.05) is 41.9 Å². The maximum Gasteiger partial charge on any atom is 0.142 e. The van der Waals surface area contributed by atoms with Crippen molar-refractivity contribution in [1.29, 1.82) is 0 Å². The van der Waals surface area contributed by atoms with Crippen LogP contribution in [0.4, 0.5) is 5.69 Å². The van der Waals surface area contributed by atoms with Gasteiger partial charge in [0.1, 0.15) is 5.78 Å². The van der Waals surface area contributed by atoms with Crippen LogP contribution in [0.25, 0.3) is 0 Å². The summed E-state index contributed by atoms with van der Waals surface area (Å²) in [5, 5.41) is 10.9. The van der Waals surface area contributed by atoms with E-state index in [1.54, 1.807) is 12.1 Å². The molecule has 0 saturated heterocycles. The molecule has 28 heavy (non-hydrogen) atoms. The number of anilines is 1. The van der Waals surface area contributed by atoms with Crippen LogP contribution in [0.3, 0.4) is 0 Å². The Labute approximate surface area is 172 Å². The Morgan fingerprint density at radius 1 is 1.14 bits per heavy atom. The number of nitrogens with two attached hydrogens (primary N) is 1. The molecule has 3 rings (SSSR count). The molecule has 2 aromatic rings. The summed E-state index contributed by atoms with van der Waals surface area (Å²) < 4.78 is 0. The second kappa shape index (κ2) is 9.08. The number of aliphatic hydroxyl groups excluding tert-OH is 1. The number of carbonyl (C=O) groups is 1. The lowest BCUT2D eigenvalue weighted by molar-refractivity contribution is -0.127. The predicted molar refractivity (Wildman–Crippen MR) is 114 cm³/mol. The van der Waals surface area contributed by atoms with Crippen molar-refractivity contribution in [3.63, 3.8) is 0 Å². The molecule has 1 aliphatic carbocycles. The first kappa shape index (κ1) is 20.8. The normalized spacial score (nSPS) is 22.4. The Morgan fingerprint density at radius 3 is 2.46 bits per heavy atom. The third-order valence-corrected chi connectivity index (χ3v) is 5.95. The number of rotatable bonds is 6. The van der Waals surface area contributed by atoms with Crippen LogP contribution in [0.2, 0.25) is 5.02 Å². The molecule has 0 heterocycles. The molecule has 3 N–H and O–H groups in total. The van der Waals surface area contributed by atoms with Crippen molar-refractivity contribution in [3.8, 4) is 0 Å². The fourth-order valence-electron chi connectivity index (χ4n) is 4.08. The molecule has 0 aromatic heterocycles. The number of Topliss-reactive ketones (excluding diaryl/α,β-unsaturated/α-hetero) is 1. The van der Waals surface area contributed by atoms with Gasteiger partial charge in [0.25, 0.3) is 0 Å². The number of nitrogen functional groups attached to an aromatic ring is 1. The van der Waals surface area contributed by atoms with E-state index in [1.807, 2.05) is 6.07 Å². The molecule has 2 aromatic carbocycles. The number of carbonyl (C=O) groups excluding carboxylic acids is 1. The molecule has 1 saturated carbocycles. The number of aliphatic hydroxyl groups is 1. The van der Waals surface area contributed by atoms with E-state index >= 15 is 0 Å². The molecule has 0 aliphatic heterocycles. The Balaban J connectivity index is 1.67. The highest BCUT2D eigenvalue weighted by molar-refractivity contribution is 6.33. The number of nitrogens with zero attached hydrogens (tertiary/aromatic N) is 1. The molecule has 1 fully saturated rings. The number of benzene rings is 2. The van der Waals surface area contributed by atoms with Gasteiger partial charge in [-0.05, 0) is 68.1 Å². The van der Waals surface area contributed by atoms with E-state index in [2.05, 4.69) is 43.3 Å². The molecular formula is C23H29ClN2O2. The van der Waals surface area contributed by atoms with Gasteiger partial charge in [0.05, 0.1) is 16.8 Å². The standard InChI is InChI=1S/C23H29ClN2O2/c1-26(2)14-15-3-6-17(7-4-15)18-8-10-22(27)19(13-18)23(28)12-16-5-9-21(25)20(24)11-16/h3-7,9,11,18-19,22,27H,8,10,12-14,25H2,1-2H3. The van der Waals surface area contributed by atoms with E-state index < -0.39 is 6.10 Å². The lowest BCUT2D eigenvalue weighted by Gasteiger charge is -2.33. The van der Waals surface area contributed by atoms with Crippen LogP contribution in [0.5, 0.6) is 0 Å². The van der Waals surface area contributed by atoms with E-state index in [1.165, 1.54) is 11.1 Å². The monoisotopic (exact) mass is 400 g/mol. The van der Waals surface area contributed by atoms with Crippen molar-refractivity contribution < 1.29 is 9.90 Å². The Kier molecular flexibility index (Phi) is 6.76. The van der Waals surface area contributed by atoms with E-state index in [0.29, 0.717) is 29.5 Å². The van der Waals surface area contributed by atoms with Gasteiger partial charge in [0.15, 0.2) is 0 Å². The molecule has 0 spiro atoms. The summed E-state index contributed by atoms with van der Waals surface area (Å²) in [6, 6.07) is 14.0. The van der Waals surface area contributed by atoms with Gasteiger partial charge in [0.2, 0.25) is 0 Å². The van der Waals surface area contributed by atoms with Gasteiger partial charge in [-0.2, -0.15) is 0 Å². The quantitative estimate of drug-likeness (QED) is 0.718. The van der Waals surface area contributed by atoms with Gasteiger partial charge >= 0.3 is 0 Å². The number of hydrogen-bond donors (Lipinski definition) is 2. The fraction of sp³-hybridized carbons (Fsp3) is 0.435. The van der Waals surface area contributed by atoms with Crippen molar-refractivity contribution in [3.05, 3.63) is 64.2 Å². The minimum Gasteiger partial charge on any atom is -0.398 e. The molecule has 5 heteroatoms. The van der Waals surface area contributed by atoms with Crippen LogP contribution >= 0.6 is 11.6 Å². The largest absolute Gasteiger partial charge is 0.398 e. The highest BCUT2D eigenvalue weighted by Gasteiger charge is 2.34. The number of hydrogen-bond acceptors (Lipinski definition) is 4. The SMILES string of the molecule is CN(C)Cc1ccc(C2CCC(O)C(C(=O)Cc3ccc(N)c(Cl)c3)C2)cc1. The number of ketones is 1. The van der Waals surface area contributed by atoms with Crippen LogP contribution in [-0.4, -0.2) is 36.0 Å². The minimum absolute atomic E-state index is 0.0715. The molecule has 0 bridgehead atoms. The Morgan fingerprint density at radius 2 is 1.82 bits per heavy atom. The maximum atomic E-state index is 12.9. The predicted octanol–water partition coefficient (Wildman–Crippen LogP) is 4.04. The summed E-state index contributed by atoms with van der Waals surface area (Å²) in [6.45, 7) is 0.912. The lowest BCUT2D eigenvalue weighted by Crippen LogP contribution is -2.35. The average molecular weight is 401 g/mol. The first-order chi connectivity index (χ1) is 13.3. The lowest BCUT2D eigenvalue weighted by atomic mass is 9.74. The second-order valence-corrected chi connectivity index (χ2v) is 8.57. The highest BCUT2D eigenvalue weighted by atomic mass is 35.5. The van der Waals surface area contributed by atoms with E-state index in [9.17, 15) is 9.90 Å². The molecule has 3 unspecified atom stereocenters. The zero-order valence-corrected chi connectivity index (χ0v) is 17.3. The van der Waals surface area contributed by atoms with Gasteiger partial charge in [0, 0.05) is 18.9 Å². The molecule has 0 radical (unpaired) electrons. The third kappa shape index (κ3) is 5.13. The van der Waals surface area contributed by atoms with Gasteiger partial charge in [-0.25, -0.2) is 0 Å². The second-order valence-electron chi connectivity index (χ2n) is 8.16. The zero-order valence-electron chi connectivity index (χ0n) is 16.6. The summed E-state index contributed by atoms with van der Waals surface area (Å²) >= 11 is 6.07. The smallest absolute Gasteiger partial charge is 0.142 e. The molecule has 0 amide bonds. The Hall–Kier alpha value is -1.88. The summed E-state index contributed by atoms with van der Waals surface area (Å²) in [7, 11) is 4.11. The maximum absolute atomic E-state index is 12.9. The summed E-state index contributed by atoms with van der Waals surface area (Å²) in [4.78, 5) is 15.0. The van der Waals surface area contributed by atoms with E-state index in [-0.39, 0.29) is 18.1 Å². The number of halogens is 1. The van der Waals surface area contributed by atoms with Crippen molar-refractivity contribution >= 4 is 23.1 Å². The van der Waals surface area contributed by atoms with Crippen LogP contribution in [-0.2, 0) is 17.8 Å². The topological polar surface area (TPSA) is 66.6 Å². The van der Waals surface area contributed by atoms with Gasteiger partial charge in [-0.15, -0.1) is 0 Å². The van der Waals surface area contributed by atoms with Crippen LogP contribution < -0.4 is 5.73 Å². The van der Waals surface area contributed by atoms with Gasteiger partial charge in [-0.3, -0.25) is 4.79 Å². The third-order valence-electron chi connectivity index (χ3n) is 5.62. The molecule has 1 aliphatic rings. The van der Waals surface area contributed by atoms with Crippen molar-refractivity contribution in [2.24, 2.45) is 5.92 Å². The van der Waals surface area contributed by atoms with Crippen LogP contribution in [0.15, 0.2) is 42.5 Å². The molecule has 4 nitrogen and oxygen atoms in total. The first-order valence-corrected chi connectivity index (χ1v) is 10.2. The average Bonchev–Trinajstić information content (AvgIpc) is 2.65. The minimum atomic E-state index is -0.569. The van der Waals surface area contributed by atoms with Crippen LogP contribution in [0, 0.1) is 5.92 Å². The van der Waals surface area contributed by atoms with E-state index in [0.717, 1.165) is 18.5 Å². The first-order valence-electron chi connectivity index (χ1n) is 9.81. The summed E-state index contributed by atoms with van der Waals surface area (Å²) in [5.41, 5.74) is 9.62. The Bertz CT molecular complexity index is 820. The van der Waals surface area contributed by atoms with Crippen molar-refractivity contribution in [1.82, 2.24) is 4.90 Å². The van der Waals surface area contributed by atoms with Gasteiger partial charge < -0.3 is 15.7 Å². The molecular weight excluding hydrogens is 372 g/mol. The van der Waals surface area contributed by atoms with Crippen LogP contribution in [0.1, 0.15) is 41.9 Å². The van der Waals surface area contributed by atoms with E-state index in [4.69, 9.17) is 17.3 Å². The van der Waals surface area contributed by atoms with Crippen molar-refractivity contribution in [2.75, 3.05) is 19.8 Å². The molecule has 3 atom stereocenters.